The van der Waals surface area contributed by atoms with E-state index in [4.69, 9.17) is 9.47 Å². The van der Waals surface area contributed by atoms with Crippen LogP contribution in [0.3, 0.4) is 0 Å². The monoisotopic (exact) mass is 588 g/mol. The van der Waals surface area contributed by atoms with E-state index in [1.807, 2.05) is 0 Å². The number of hydrogen-bond acceptors (Lipinski definition) is 7. The van der Waals surface area contributed by atoms with Crippen molar-refractivity contribution in [3.05, 3.63) is 54.0 Å². The Bertz CT molecular complexity index is 987. The summed E-state index contributed by atoms with van der Waals surface area (Å²) >= 11 is 0. The first-order valence-corrected chi connectivity index (χ1v) is 15.5. The SMILES string of the molecule is CCCCCCCCC/C=C/OC(=O)c1cccc(S(=O)(=O)[O-])c1C(=O)O/C=C/CCCCCCCCC.[K+]. The average Bonchev–Trinajstić information content (AvgIpc) is 2.89. The van der Waals surface area contributed by atoms with Gasteiger partial charge < -0.3 is 14.0 Å². The predicted octanol–water partition coefficient (Wildman–Crippen LogP) is 5.22. The Labute approximate surface area is 278 Å². The number of allylic oxidation sites excluding steroid dienone is 2. The van der Waals surface area contributed by atoms with E-state index in [0.717, 1.165) is 44.6 Å². The van der Waals surface area contributed by atoms with Gasteiger partial charge in [-0.3, -0.25) is 0 Å². The maximum Gasteiger partial charge on any atom is 1.00 e. The number of benzene rings is 1. The number of carbonyl (C=O) groups is 2. The van der Waals surface area contributed by atoms with E-state index in [0.29, 0.717) is 6.42 Å². The number of carbonyl (C=O) groups excluding carboxylic acids is 2. The summed E-state index contributed by atoms with van der Waals surface area (Å²) in [6.07, 6.45) is 23.5. The summed E-state index contributed by atoms with van der Waals surface area (Å²) in [5, 5.41) is 0. The summed E-state index contributed by atoms with van der Waals surface area (Å²) in [7, 11) is -5.03. The van der Waals surface area contributed by atoms with E-state index in [1.54, 1.807) is 12.2 Å². The minimum atomic E-state index is -5.03. The fourth-order valence-electron chi connectivity index (χ4n) is 4.04. The molecule has 214 valence electrons. The average molecular weight is 589 g/mol. The molecule has 1 aromatic rings. The zero-order chi connectivity index (χ0) is 28.1. The molecule has 0 aromatic heterocycles. The van der Waals surface area contributed by atoms with E-state index in [-0.39, 0.29) is 56.9 Å². The van der Waals surface area contributed by atoms with E-state index in [9.17, 15) is 22.6 Å². The van der Waals surface area contributed by atoms with Gasteiger partial charge in [0.05, 0.1) is 28.5 Å². The fourth-order valence-corrected chi connectivity index (χ4v) is 4.73. The first-order chi connectivity index (χ1) is 18.3. The van der Waals surface area contributed by atoms with E-state index >= 15 is 0 Å². The van der Waals surface area contributed by atoms with Crippen LogP contribution >= 0.6 is 0 Å². The molecule has 1 aromatic carbocycles. The van der Waals surface area contributed by atoms with Crippen LogP contribution < -0.4 is 51.4 Å². The topological polar surface area (TPSA) is 110 Å². The van der Waals surface area contributed by atoms with Crippen molar-refractivity contribution in [1.82, 2.24) is 0 Å². The minimum Gasteiger partial charge on any atom is -0.744 e. The molecule has 7 nitrogen and oxygen atoms in total. The molecule has 0 radical (unpaired) electrons. The Morgan fingerprint density at radius 1 is 0.718 bits per heavy atom. The van der Waals surface area contributed by atoms with Gasteiger partial charge in [-0.1, -0.05) is 97.0 Å². The first-order valence-electron chi connectivity index (χ1n) is 14.1. The van der Waals surface area contributed by atoms with Crippen LogP contribution in [0.5, 0.6) is 0 Å². The van der Waals surface area contributed by atoms with Crippen LogP contribution in [0.2, 0.25) is 0 Å². The van der Waals surface area contributed by atoms with Gasteiger partial charge in [0.25, 0.3) is 0 Å². The molecule has 0 unspecified atom stereocenters. The molecule has 0 spiro atoms. The van der Waals surface area contributed by atoms with Crippen LogP contribution in [-0.4, -0.2) is 24.9 Å². The molecule has 0 aliphatic rings. The largest absolute Gasteiger partial charge is 1.00 e. The van der Waals surface area contributed by atoms with Crippen molar-refractivity contribution in [3.8, 4) is 0 Å². The van der Waals surface area contributed by atoms with Crippen molar-refractivity contribution in [2.75, 3.05) is 0 Å². The second kappa shape index (κ2) is 23.8. The maximum absolute atomic E-state index is 12.7. The first kappa shape index (κ1) is 38.2. The van der Waals surface area contributed by atoms with Crippen LogP contribution in [0.25, 0.3) is 0 Å². The summed E-state index contributed by atoms with van der Waals surface area (Å²) in [5.41, 5.74) is -0.957. The van der Waals surface area contributed by atoms with Gasteiger partial charge in [0.1, 0.15) is 10.1 Å². The summed E-state index contributed by atoms with van der Waals surface area (Å²) in [4.78, 5) is 24.5. The van der Waals surface area contributed by atoms with E-state index in [1.165, 1.54) is 82.4 Å². The number of rotatable bonds is 21. The van der Waals surface area contributed by atoms with Gasteiger partial charge in [0.2, 0.25) is 0 Å². The normalized spacial score (nSPS) is 11.6. The zero-order valence-corrected chi connectivity index (χ0v) is 28.1. The molecule has 39 heavy (non-hydrogen) atoms. The Kier molecular flexibility index (Phi) is 23.4. The molecule has 0 fully saturated rings. The van der Waals surface area contributed by atoms with Crippen molar-refractivity contribution in [1.29, 1.82) is 0 Å². The molecule has 0 heterocycles. The number of hydrogen-bond donors (Lipinski definition) is 0. The number of ether oxygens (including phenoxy) is 2. The number of esters is 2. The van der Waals surface area contributed by atoms with E-state index in [2.05, 4.69) is 13.8 Å². The third-order valence-corrected chi connectivity index (χ3v) is 7.09. The molecular formula is C30H45KO7S. The predicted molar refractivity (Wildman–Crippen MR) is 149 cm³/mol. The number of unbranched alkanes of at least 4 members (excludes halogenated alkanes) is 14. The summed E-state index contributed by atoms with van der Waals surface area (Å²) < 4.78 is 45.5. The Morgan fingerprint density at radius 2 is 1.15 bits per heavy atom. The molecule has 0 N–H and O–H groups in total. The van der Waals surface area contributed by atoms with Crippen LogP contribution in [0.1, 0.15) is 137 Å². The van der Waals surface area contributed by atoms with Gasteiger partial charge >= 0.3 is 63.3 Å². The fraction of sp³-hybridized carbons (Fsp3) is 0.600. The second-order valence-corrected chi connectivity index (χ2v) is 10.9. The standard InChI is InChI=1S/C30H46O7S.K/c1-3-5-7-9-11-13-15-17-19-24-36-29(31)26-22-21-23-27(38(33,34)35)28(26)30(32)37-25-20-18-16-14-12-10-8-6-4-2;/h19-25H,3-18H2,1-2H3,(H,33,34,35);/q;+1/p-1/b24-19+,25-20+;. The molecule has 0 amide bonds. The molecular weight excluding hydrogens is 543 g/mol. The molecule has 0 aliphatic heterocycles. The van der Waals surface area contributed by atoms with Gasteiger partial charge in [-0.15, -0.1) is 0 Å². The van der Waals surface area contributed by atoms with Gasteiger partial charge in [-0.25, -0.2) is 18.0 Å². The van der Waals surface area contributed by atoms with Crippen LogP contribution in [0.15, 0.2) is 47.8 Å². The van der Waals surface area contributed by atoms with Crippen LogP contribution in [0.4, 0.5) is 0 Å². The summed E-state index contributed by atoms with van der Waals surface area (Å²) in [6, 6.07) is 3.44. The Hall–Kier alpha value is -0.814. The van der Waals surface area contributed by atoms with Crippen LogP contribution in [-0.2, 0) is 19.6 Å². The Morgan fingerprint density at radius 3 is 1.62 bits per heavy atom. The summed E-state index contributed by atoms with van der Waals surface area (Å²) in [6.45, 7) is 4.36. The van der Waals surface area contributed by atoms with Crippen molar-refractivity contribution < 1.29 is 83.4 Å². The van der Waals surface area contributed by atoms with Gasteiger partial charge in [-0.05, 0) is 50.0 Å². The van der Waals surface area contributed by atoms with Crippen molar-refractivity contribution >= 4 is 22.1 Å². The molecule has 1 rings (SSSR count). The van der Waals surface area contributed by atoms with Gasteiger partial charge in [0, 0.05) is 0 Å². The summed E-state index contributed by atoms with van der Waals surface area (Å²) in [5.74, 6) is -2.04. The van der Waals surface area contributed by atoms with Gasteiger partial charge in [-0.2, -0.15) is 0 Å². The van der Waals surface area contributed by atoms with Crippen molar-refractivity contribution in [2.24, 2.45) is 0 Å². The molecule has 9 heteroatoms. The minimum absolute atomic E-state index is 0. The van der Waals surface area contributed by atoms with Gasteiger partial charge in [0.15, 0.2) is 0 Å². The molecule has 0 aliphatic carbocycles. The maximum atomic E-state index is 12.7. The third kappa shape index (κ3) is 17.6. The van der Waals surface area contributed by atoms with Crippen molar-refractivity contribution in [3.63, 3.8) is 0 Å². The van der Waals surface area contributed by atoms with Crippen molar-refractivity contribution in [2.45, 2.75) is 121 Å². The molecule has 0 saturated carbocycles. The quantitative estimate of drug-likeness (QED) is 0.0637. The second-order valence-electron chi connectivity index (χ2n) is 9.51. The smallest absolute Gasteiger partial charge is 0.744 e. The molecule has 0 saturated heterocycles. The molecule has 0 bridgehead atoms. The molecule has 0 atom stereocenters. The van der Waals surface area contributed by atoms with Crippen LogP contribution in [0, 0.1) is 0 Å². The Balaban J connectivity index is 0.0000144. The van der Waals surface area contributed by atoms with E-state index < -0.39 is 32.5 Å². The third-order valence-electron chi connectivity index (χ3n) is 6.21. The zero-order valence-electron chi connectivity index (χ0n) is 24.1.